The van der Waals surface area contributed by atoms with Gasteiger partial charge in [-0.2, -0.15) is 0 Å². The summed E-state index contributed by atoms with van der Waals surface area (Å²) in [7, 11) is 0. The highest BCUT2D eigenvalue weighted by atomic mass is 16.1. The minimum Gasteiger partial charge on any atom is -0.321 e. The number of pyridine rings is 1. The van der Waals surface area contributed by atoms with Gasteiger partial charge in [-0.15, -0.1) is 0 Å². The molecule has 0 unspecified atom stereocenters. The van der Waals surface area contributed by atoms with E-state index in [-0.39, 0.29) is 11.5 Å². The van der Waals surface area contributed by atoms with Crippen molar-refractivity contribution in [2.75, 3.05) is 5.32 Å². The smallest absolute Gasteiger partial charge is 0.261 e. The molecule has 2 aromatic heterocycles. The van der Waals surface area contributed by atoms with Crippen LogP contribution in [0.15, 0.2) is 84.2 Å². The van der Waals surface area contributed by atoms with E-state index in [0.717, 1.165) is 5.56 Å². The summed E-state index contributed by atoms with van der Waals surface area (Å²) >= 11 is 0. The number of anilines is 1. The number of aromatic nitrogens is 3. The second-order valence-electron chi connectivity index (χ2n) is 6.09. The number of fused-ring (bicyclic) bond motifs is 1. The Bertz CT molecular complexity index is 1150. The summed E-state index contributed by atoms with van der Waals surface area (Å²) in [6, 6.07) is 17.9. The van der Waals surface area contributed by atoms with Gasteiger partial charge >= 0.3 is 0 Å². The minimum absolute atomic E-state index is 0.0843. The summed E-state index contributed by atoms with van der Waals surface area (Å²) in [5.41, 5.74) is 2.68. The number of amides is 1. The first-order chi connectivity index (χ1) is 13.2. The van der Waals surface area contributed by atoms with E-state index in [4.69, 9.17) is 0 Å². The van der Waals surface area contributed by atoms with Crippen LogP contribution in [-0.4, -0.2) is 20.4 Å². The molecule has 6 heteroatoms. The third-order valence-electron chi connectivity index (χ3n) is 4.22. The van der Waals surface area contributed by atoms with Crippen LogP contribution >= 0.6 is 0 Å². The van der Waals surface area contributed by atoms with Gasteiger partial charge in [0.05, 0.1) is 35.7 Å². The molecule has 0 atom stereocenters. The average Bonchev–Trinajstić information content (AvgIpc) is 2.71. The van der Waals surface area contributed by atoms with Crippen LogP contribution in [0.2, 0.25) is 0 Å². The van der Waals surface area contributed by atoms with Crippen LogP contribution in [0.4, 0.5) is 5.69 Å². The first kappa shape index (κ1) is 16.7. The third kappa shape index (κ3) is 3.59. The first-order valence-electron chi connectivity index (χ1n) is 8.45. The molecule has 0 saturated carbocycles. The standard InChI is InChI=1S/C21H16N4O2/c26-20(24-17-4-3-11-22-12-17)16-9-7-15(8-10-16)13-25-14-23-19-6-2-1-5-18(19)21(25)27/h1-12,14H,13H2,(H,24,26). The van der Waals surface area contributed by atoms with Crippen molar-refractivity contribution in [3.8, 4) is 0 Å². The second kappa shape index (κ2) is 7.21. The maximum absolute atomic E-state index is 12.6. The largest absolute Gasteiger partial charge is 0.321 e. The maximum atomic E-state index is 12.6. The van der Waals surface area contributed by atoms with E-state index in [0.29, 0.717) is 28.7 Å². The van der Waals surface area contributed by atoms with Gasteiger partial charge in [-0.3, -0.25) is 19.1 Å². The Morgan fingerprint density at radius 1 is 1.00 bits per heavy atom. The molecule has 0 fully saturated rings. The fourth-order valence-corrected chi connectivity index (χ4v) is 2.82. The molecule has 4 rings (SSSR count). The molecule has 132 valence electrons. The van der Waals surface area contributed by atoms with Gasteiger partial charge in [-0.25, -0.2) is 4.98 Å². The first-order valence-corrected chi connectivity index (χ1v) is 8.45. The van der Waals surface area contributed by atoms with Crippen molar-refractivity contribution in [1.29, 1.82) is 0 Å². The van der Waals surface area contributed by atoms with E-state index >= 15 is 0 Å². The average molecular weight is 356 g/mol. The van der Waals surface area contributed by atoms with Crippen molar-refractivity contribution < 1.29 is 4.79 Å². The van der Waals surface area contributed by atoms with Crippen molar-refractivity contribution in [1.82, 2.24) is 14.5 Å². The summed E-state index contributed by atoms with van der Waals surface area (Å²) < 4.78 is 1.56. The summed E-state index contributed by atoms with van der Waals surface area (Å²) in [5, 5.41) is 3.38. The molecule has 0 aliphatic heterocycles. The van der Waals surface area contributed by atoms with Gasteiger partial charge in [-0.05, 0) is 42.0 Å². The molecule has 0 saturated heterocycles. The van der Waals surface area contributed by atoms with Crippen LogP contribution in [0.5, 0.6) is 0 Å². The fraction of sp³-hybridized carbons (Fsp3) is 0.0476. The van der Waals surface area contributed by atoms with Crippen molar-refractivity contribution in [3.05, 3.63) is 101 Å². The summed E-state index contributed by atoms with van der Waals surface area (Å²) in [4.78, 5) is 33.1. The van der Waals surface area contributed by atoms with E-state index in [1.807, 2.05) is 30.3 Å². The summed E-state index contributed by atoms with van der Waals surface area (Å²) in [5.74, 6) is -0.209. The third-order valence-corrected chi connectivity index (χ3v) is 4.22. The highest BCUT2D eigenvalue weighted by molar-refractivity contribution is 6.04. The summed E-state index contributed by atoms with van der Waals surface area (Å²) in [6.45, 7) is 0.390. The molecule has 0 aliphatic carbocycles. The molecule has 0 aliphatic rings. The number of carbonyl (C=O) groups excluding carboxylic acids is 1. The van der Waals surface area contributed by atoms with Gasteiger partial charge in [0.1, 0.15) is 0 Å². The van der Waals surface area contributed by atoms with Crippen molar-refractivity contribution in [2.24, 2.45) is 0 Å². The number of hydrogen-bond acceptors (Lipinski definition) is 4. The predicted octanol–water partition coefficient (Wildman–Crippen LogP) is 3.09. The lowest BCUT2D eigenvalue weighted by molar-refractivity contribution is 0.102. The maximum Gasteiger partial charge on any atom is 0.261 e. The number of hydrogen-bond donors (Lipinski definition) is 1. The number of nitrogens with zero attached hydrogens (tertiary/aromatic N) is 3. The summed E-state index contributed by atoms with van der Waals surface area (Å²) in [6.07, 6.45) is 4.78. The molecular weight excluding hydrogens is 340 g/mol. The fourth-order valence-electron chi connectivity index (χ4n) is 2.82. The number of para-hydroxylation sites is 1. The van der Waals surface area contributed by atoms with Gasteiger partial charge in [0.25, 0.3) is 11.5 Å². The Morgan fingerprint density at radius 3 is 2.59 bits per heavy atom. The molecule has 0 spiro atoms. The number of rotatable bonds is 4. The molecule has 27 heavy (non-hydrogen) atoms. The van der Waals surface area contributed by atoms with E-state index in [2.05, 4.69) is 15.3 Å². The van der Waals surface area contributed by atoms with Gasteiger partial charge in [0.15, 0.2) is 0 Å². The predicted molar refractivity (Wildman–Crippen MR) is 104 cm³/mol. The van der Waals surface area contributed by atoms with Crippen LogP contribution in [0.25, 0.3) is 10.9 Å². The molecule has 0 radical (unpaired) electrons. The minimum atomic E-state index is -0.209. The molecule has 4 aromatic rings. The molecular formula is C21H16N4O2. The van der Waals surface area contributed by atoms with Crippen LogP contribution < -0.4 is 10.9 Å². The zero-order chi connectivity index (χ0) is 18.6. The Morgan fingerprint density at radius 2 is 1.81 bits per heavy atom. The lowest BCUT2D eigenvalue weighted by Crippen LogP contribution is -2.21. The van der Waals surface area contributed by atoms with Gasteiger partial charge < -0.3 is 5.32 Å². The van der Waals surface area contributed by atoms with Crippen LogP contribution in [-0.2, 0) is 6.54 Å². The number of carbonyl (C=O) groups is 1. The molecule has 1 amide bonds. The Labute approximate surface area is 155 Å². The van der Waals surface area contributed by atoms with Gasteiger partial charge in [0, 0.05) is 11.8 Å². The Kier molecular flexibility index (Phi) is 4.45. The second-order valence-corrected chi connectivity index (χ2v) is 6.09. The van der Waals surface area contributed by atoms with E-state index in [9.17, 15) is 9.59 Å². The quantitative estimate of drug-likeness (QED) is 0.610. The van der Waals surface area contributed by atoms with Crippen LogP contribution in [0.3, 0.4) is 0 Å². The highest BCUT2D eigenvalue weighted by Gasteiger charge is 2.08. The zero-order valence-corrected chi connectivity index (χ0v) is 14.4. The van der Waals surface area contributed by atoms with E-state index in [1.165, 1.54) is 0 Å². The van der Waals surface area contributed by atoms with Crippen LogP contribution in [0, 0.1) is 0 Å². The molecule has 2 aromatic carbocycles. The molecule has 2 heterocycles. The molecule has 0 bridgehead atoms. The SMILES string of the molecule is O=C(Nc1cccnc1)c1ccc(Cn2cnc3ccccc3c2=O)cc1. The Hall–Kier alpha value is -3.80. The molecule has 1 N–H and O–H groups in total. The van der Waals surface area contributed by atoms with Crippen molar-refractivity contribution in [3.63, 3.8) is 0 Å². The zero-order valence-electron chi connectivity index (χ0n) is 14.4. The number of benzene rings is 2. The van der Waals surface area contributed by atoms with E-state index < -0.39 is 0 Å². The Balaban J connectivity index is 1.52. The lowest BCUT2D eigenvalue weighted by Gasteiger charge is -2.08. The van der Waals surface area contributed by atoms with E-state index in [1.54, 1.807) is 53.6 Å². The van der Waals surface area contributed by atoms with Crippen LogP contribution in [0.1, 0.15) is 15.9 Å². The lowest BCUT2D eigenvalue weighted by atomic mass is 10.1. The topological polar surface area (TPSA) is 76.9 Å². The van der Waals surface area contributed by atoms with Gasteiger partial charge in [0.2, 0.25) is 0 Å². The van der Waals surface area contributed by atoms with Crippen molar-refractivity contribution >= 4 is 22.5 Å². The highest BCUT2D eigenvalue weighted by Crippen LogP contribution is 2.11. The van der Waals surface area contributed by atoms with Crippen molar-refractivity contribution in [2.45, 2.75) is 6.54 Å². The molecule has 6 nitrogen and oxygen atoms in total. The monoisotopic (exact) mass is 356 g/mol. The van der Waals surface area contributed by atoms with Gasteiger partial charge in [-0.1, -0.05) is 24.3 Å². The normalized spacial score (nSPS) is 10.7. The number of nitrogens with one attached hydrogen (secondary N) is 1.